The van der Waals surface area contributed by atoms with Gasteiger partial charge >= 0.3 is 0 Å². The van der Waals surface area contributed by atoms with Gasteiger partial charge in [-0.1, -0.05) is 47.0 Å². The second-order valence-electron chi connectivity index (χ2n) is 6.68. The summed E-state index contributed by atoms with van der Waals surface area (Å²) in [5.41, 5.74) is 1.65. The lowest BCUT2D eigenvalue weighted by atomic mass is 10.2. The summed E-state index contributed by atoms with van der Waals surface area (Å²) < 4.78 is 31.4. The zero-order valence-electron chi connectivity index (χ0n) is 16.8. The minimum atomic E-state index is -3.89. The summed E-state index contributed by atoms with van der Waals surface area (Å²) >= 11 is 12.3. The molecule has 0 unspecified atom stereocenters. The predicted molar refractivity (Wildman–Crippen MR) is 123 cm³/mol. The SMILES string of the molecule is COc1ccc(NC(=O)CNc2cccc(Cl)c2S(=O)(=O)c2ccc(C)cc2)cc1Cl. The number of nitrogens with one attached hydrogen (secondary N) is 2. The Morgan fingerprint density at radius 3 is 2.35 bits per heavy atom. The first-order chi connectivity index (χ1) is 14.7. The van der Waals surface area contributed by atoms with Crippen LogP contribution in [-0.2, 0) is 14.6 Å². The fourth-order valence-electron chi connectivity index (χ4n) is 2.88. The number of carbonyl (C=O) groups excluding carboxylic acids is 1. The first-order valence-corrected chi connectivity index (χ1v) is 11.4. The second kappa shape index (κ2) is 9.60. The number of benzene rings is 3. The highest BCUT2D eigenvalue weighted by Crippen LogP contribution is 2.34. The largest absolute Gasteiger partial charge is 0.495 e. The van der Waals surface area contributed by atoms with Crippen LogP contribution in [0.1, 0.15) is 5.56 Å². The van der Waals surface area contributed by atoms with E-state index in [0.29, 0.717) is 16.5 Å². The Labute approximate surface area is 191 Å². The van der Waals surface area contributed by atoms with E-state index in [-0.39, 0.29) is 33.0 Å². The van der Waals surface area contributed by atoms with E-state index in [9.17, 15) is 13.2 Å². The van der Waals surface area contributed by atoms with Crippen molar-refractivity contribution in [3.8, 4) is 5.75 Å². The fraction of sp³-hybridized carbons (Fsp3) is 0.136. The van der Waals surface area contributed by atoms with Gasteiger partial charge in [-0.15, -0.1) is 0 Å². The van der Waals surface area contributed by atoms with Crippen LogP contribution in [0.3, 0.4) is 0 Å². The van der Waals surface area contributed by atoms with Crippen molar-refractivity contribution < 1.29 is 17.9 Å². The molecule has 0 radical (unpaired) electrons. The van der Waals surface area contributed by atoms with E-state index in [4.69, 9.17) is 27.9 Å². The number of hydrogen-bond donors (Lipinski definition) is 2. The van der Waals surface area contributed by atoms with Gasteiger partial charge in [0.25, 0.3) is 0 Å². The van der Waals surface area contributed by atoms with Crippen molar-refractivity contribution in [1.82, 2.24) is 0 Å². The Morgan fingerprint density at radius 2 is 1.71 bits per heavy atom. The summed E-state index contributed by atoms with van der Waals surface area (Å²) in [6, 6.07) is 16.0. The van der Waals surface area contributed by atoms with Crippen LogP contribution in [0.5, 0.6) is 5.75 Å². The normalized spacial score (nSPS) is 11.1. The van der Waals surface area contributed by atoms with Gasteiger partial charge in [-0.3, -0.25) is 4.79 Å². The molecule has 0 fully saturated rings. The number of sulfone groups is 1. The van der Waals surface area contributed by atoms with Gasteiger partial charge in [0.2, 0.25) is 15.7 Å². The highest BCUT2D eigenvalue weighted by molar-refractivity contribution is 7.91. The average molecular weight is 479 g/mol. The lowest BCUT2D eigenvalue weighted by Gasteiger charge is -2.15. The van der Waals surface area contributed by atoms with Crippen LogP contribution in [0.25, 0.3) is 0 Å². The lowest BCUT2D eigenvalue weighted by Crippen LogP contribution is -2.22. The molecular formula is C22H20Cl2N2O4S. The van der Waals surface area contributed by atoms with Crippen LogP contribution in [0, 0.1) is 6.92 Å². The van der Waals surface area contributed by atoms with Gasteiger partial charge < -0.3 is 15.4 Å². The van der Waals surface area contributed by atoms with E-state index >= 15 is 0 Å². The molecule has 3 rings (SSSR count). The average Bonchev–Trinajstić information content (AvgIpc) is 2.72. The summed E-state index contributed by atoms with van der Waals surface area (Å²) in [7, 11) is -2.40. The maximum atomic E-state index is 13.2. The molecule has 0 saturated carbocycles. The topological polar surface area (TPSA) is 84.5 Å². The van der Waals surface area contributed by atoms with Crippen LogP contribution in [0.2, 0.25) is 10.0 Å². The first-order valence-electron chi connectivity index (χ1n) is 9.20. The summed E-state index contributed by atoms with van der Waals surface area (Å²) in [6.45, 7) is 1.69. The van der Waals surface area contributed by atoms with Crippen molar-refractivity contribution in [2.45, 2.75) is 16.7 Å². The molecule has 0 heterocycles. The van der Waals surface area contributed by atoms with Gasteiger partial charge in [0.15, 0.2) is 0 Å². The smallest absolute Gasteiger partial charge is 0.243 e. The standard InChI is InChI=1S/C22H20Cl2N2O4S/c1-14-6-9-16(10-7-14)31(28,29)22-17(23)4-3-5-19(22)25-13-21(27)26-15-8-11-20(30-2)18(24)12-15/h3-12,25H,13H2,1-2H3,(H,26,27). The maximum absolute atomic E-state index is 13.2. The van der Waals surface area contributed by atoms with Gasteiger partial charge in [-0.05, 0) is 49.4 Å². The van der Waals surface area contributed by atoms with Crippen LogP contribution in [0.4, 0.5) is 11.4 Å². The Hall–Kier alpha value is -2.74. The van der Waals surface area contributed by atoms with E-state index < -0.39 is 9.84 Å². The molecule has 1 amide bonds. The number of halogens is 2. The van der Waals surface area contributed by atoms with Crippen molar-refractivity contribution in [2.24, 2.45) is 0 Å². The quantitative estimate of drug-likeness (QED) is 0.487. The number of aryl methyl sites for hydroxylation is 1. The Balaban J connectivity index is 1.80. The monoisotopic (exact) mass is 478 g/mol. The summed E-state index contributed by atoms with van der Waals surface area (Å²) in [6.07, 6.45) is 0. The van der Waals surface area contributed by atoms with E-state index in [2.05, 4.69) is 10.6 Å². The van der Waals surface area contributed by atoms with Gasteiger partial charge in [0.1, 0.15) is 10.6 Å². The molecule has 0 aliphatic rings. The number of carbonyl (C=O) groups is 1. The summed E-state index contributed by atoms with van der Waals surface area (Å²) in [4.78, 5) is 12.4. The molecule has 0 saturated heterocycles. The number of ether oxygens (including phenoxy) is 1. The number of rotatable bonds is 7. The molecule has 2 N–H and O–H groups in total. The number of methoxy groups -OCH3 is 1. The minimum Gasteiger partial charge on any atom is -0.495 e. The van der Waals surface area contributed by atoms with Crippen LogP contribution in [0.15, 0.2) is 70.5 Å². The Morgan fingerprint density at radius 1 is 1.00 bits per heavy atom. The molecule has 9 heteroatoms. The summed E-state index contributed by atoms with van der Waals surface area (Å²) in [5, 5.41) is 5.98. The number of hydrogen-bond acceptors (Lipinski definition) is 5. The third-order valence-corrected chi connectivity index (χ3v) is 7.03. The second-order valence-corrected chi connectivity index (χ2v) is 9.38. The van der Waals surface area contributed by atoms with Gasteiger partial charge in [0.05, 0.1) is 34.3 Å². The Kier molecular flexibility index (Phi) is 7.10. The van der Waals surface area contributed by atoms with E-state index in [1.807, 2.05) is 6.92 Å². The molecule has 162 valence electrons. The summed E-state index contributed by atoms with van der Waals surface area (Å²) in [5.74, 6) is 0.0996. The molecule has 31 heavy (non-hydrogen) atoms. The van der Waals surface area contributed by atoms with E-state index in [1.54, 1.807) is 42.5 Å². The molecule has 0 bridgehead atoms. The van der Waals surface area contributed by atoms with Crippen LogP contribution >= 0.6 is 23.2 Å². The van der Waals surface area contributed by atoms with Crippen molar-refractivity contribution >= 4 is 50.3 Å². The molecule has 0 aliphatic carbocycles. The molecule has 0 atom stereocenters. The van der Waals surface area contributed by atoms with Gasteiger partial charge in [0, 0.05) is 5.69 Å². The number of amides is 1. The van der Waals surface area contributed by atoms with E-state index in [1.165, 1.54) is 25.3 Å². The molecule has 0 aliphatic heterocycles. The molecule has 6 nitrogen and oxygen atoms in total. The van der Waals surface area contributed by atoms with E-state index in [0.717, 1.165) is 5.56 Å². The molecule has 3 aromatic rings. The van der Waals surface area contributed by atoms with Crippen molar-refractivity contribution in [2.75, 3.05) is 24.3 Å². The fourth-order valence-corrected chi connectivity index (χ4v) is 5.10. The van der Waals surface area contributed by atoms with Crippen molar-refractivity contribution in [3.63, 3.8) is 0 Å². The lowest BCUT2D eigenvalue weighted by molar-refractivity contribution is -0.114. The minimum absolute atomic E-state index is 0.0629. The maximum Gasteiger partial charge on any atom is 0.243 e. The first kappa shape index (κ1) is 22.9. The third kappa shape index (κ3) is 5.31. The Bertz CT molecular complexity index is 1210. The van der Waals surface area contributed by atoms with Crippen molar-refractivity contribution in [1.29, 1.82) is 0 Å². The van der Waals surface area contributed by atoms with Crippen LogP contribution in [-0.4, -0.2) is 28.0 Å². The highest BCUT2D eigenvalue weighted by Gasteiger charge is 2.24. The van der Waals surface area contributed by atoms with Crippen molar-refractivity contribution in [3.05, 3.63) is 76.3 Å². The third-order valence-electron chi connectivity index (χ3n) is 4.44. The van der Waals surface area contributed by atoms with Gasteiger partial charge in [-0.25, -0.2) is 8.42 Å². The highest BCUT2D eigenvalue weighted by atomic mass is 35.5. The molecule has 3 aromatic carbocycles. The van der Waals surface area contributed by atoms with Crippen LogP contribution < -0.4 is 15.4 Å². The zero-order valence-corrected chi connectivity index (χ0v) is 19.1. The molecule has 0 aromatic heterocycles. The zero-order chi connectivity index (χ0) is 22.6. The predicted octanol–water partition coefficient (Wildman–Crippen LogP) is 5.19. The number of anilines is 2. The molecular weight excluding hydrogens is 459 g/mol. The van der Waals surface area contributed by atoms with Gasteiger partial charge in [-0.2, -0.15) is 0 Å². The molecule has 0 spiro atoms.